The lowest BCUT2D eigenvalue weighted by atomic mass is 9.87. The van der Waals surface area contributed by atoms with Crippen molar-refractivity contribution < 1.29 is 0 Å². The number of nitrogens with one attached hydrogen (secondary N) is 1. The summed E-state index contributed by atoms with van der Waals surface area (Å²) in [5, 5.41) is 3.63. The van der Waals surface area contributed by atoms with Gasteiger partial charge in [0.2, 0.25) is 0 Å². The van der Waals surface area contributed by atoms with E-state index in [2.05, 4.69) is 18.2 Å². The van der Waals surface area contributed by atoms with Gasteiger partial charge in [-0.3, -0.25) is 0 Å². The molecular formula is C13H23N. The Hall–Kier alpha value is -0.480. The normalized spacial score (nSPS) is 27.1. The fourth-order valence-corrected chi connectivity index (χ4v) is 2.12. The van der Waals surface area contributed by atoms with Gasteiger partial charge in [-0.05, 0) is 51.0 Å². The average Bonchev–Trinajstić information content (AvgIpc) is 2.21. The molecule has 0 radical (unpaired) electrons. The van der Waals surface area contributed by atoms with Crippen LogP contribution in [0.1, 0.15) is 51.9 Å². The van der Waals surface area contributed by atoms with E-state index in [0.717, 1.165) is 24.9 Å². The van der Waals surface area contributed by atoms with E-state index in [1.807, 2.05) is 0 Å². The number of unbranched alkanes of at least 4 members (excludes halogenated alkanes) is 2. The topological polar surface area (TPSA) is 12.0 Å². The molecule has 0 heterocycles. The summed E-state index contributed by atoms with van der Waals surface area (Å²) < 4.78 is 0. The highest BCUT2D eigenvalue weighted by Crippen LogP contribution is 2.23. The Labute approximate surface area is 88.7 Å². The third-order valence-electron chi connectivity index (χ3n) is 3.20. The predicted molar refractivity (Wildman–Crippen MR) is 62.1 cm³/mol. The third-order valence-corrected chi connectivity index (χ3v) is 3.20. The van der Waals surface area contributed by atoms with Crippen LogP contribution in [0.15, 0.2) is 0 Å². The van der Waals surface area contributed by atoms with Crippen molar-refractivity contribution in [2.24, 2.45) is 5.92 Å². The van der Waals surface area contributed by atoms with Crippen LogP contribution in [0.25, 0.3) is 0 Å². The first-order chi connectivity index (χ1) is 6.83. The minimum atomic E-state index is 0.789. The maximum atomic E-state index is 5.20. The predicted octanol–water partition coefficient (Wildman–Crippen LogP) is 2.96. The SMILES string of the molecule is C#CCCCCNC1CCC(C)CC1. The minimum absolute atomic E-state index is 0.789. The smallest absolute Gasteiger partial charge is 0.00865 e. The van der Waals surface area contributed by atoms with E-state index in [-0.39, 0.29) is 0 Å². The third kappa shape index (κ3) is 4.67. The van der Waals surface area contributed by atoms with Crippen LogP contribution in [0.2, 0.25) is 0 Å². The van der Waals surface area contributed by atoms with Gasteiger partial charge in [-0.2, -0.15) is 0 Å². The Bertz CT molecular complexity index is 172. The van der Waals surface area contributed by atoms with Crippen molar-refractivity contribution in [2.45, 2.75) is 57.9 Å². The summed E-state index contributed by atoms with van der Waals surface area (Å²) in [6, 6.07) is 0.789. The summed E-state index contributed by atoms with van der Waals surface area (Å²) in [5.74, 6) is 3.64. The standard InChI is InChI=1S/C13H23N/c1-3-4-5-6-11-14-13-9-7-12(2)8-10-13/h1,12-14H,4-11H2,2H3. The zero-order valence-electron chi connectivity index (χ0n) is 9.39. The summed E-state index contributed by atoms with van der Waals surface area (Å²) in [5.41, 5.74) is 0. The molecule has 0 unspecified atom stereocenters. The molecule has 14 heavy (non-hydrogen) atoms. The summed E-state index contributed by atoms with van der Waals surface area (Å²) in [6.45, 7) is 3.52. The van der Waals surface area contributed by atoms with Gasteiger partial charge in [-0.1, -0.05) is 6.92 Å². The minimum Gasteiger partial charge on any atom is -0.314 e. The molecule has 1 aliphatic carbocycles. The van der Waals surface area contributed by atoms with E-state index in [9.17, 15) is 0 Å². The van der Waals surface area contributed by atoms with Gasteiger partial charge in [0.05, 0.1) is 0 Å². The molecule has 1 saturated carbocycles. The molecule has 0 aromatic rings. The van der Waals surface area contributed by atoms with E-state index < -0.39 is 0 Å². The number of rotatable bonds is 5. The quantitative estimate of drug-likeness (QED) is 0.523. The highest BCUT2D eigenvalue weighted by atomic mass is 14.9. The van der Waals surface area contributed by atoms with Crippen molar-refractivity contribution in [2.75, 3.05) is 6.54 Å². The second-order valence-corrected chi connectivity index (χ2v) is 4.57. The van der Waals surface area contributed by atoms with E-state index in [4.69, 9.17) is 6.42 Å². The Morgan fingerprint density at radius 1 is 1.21 bits per heavy atom. The van der Waals surface area contributed by atoms with Crippen LogP contribution in [0, 0.1) is 18.3 Å². The van der Waals surface area contributed by atoms with Crippen molar-refractivity contribution in [3.05, 3.63) is 0 Å². The van der Waals surface area contributed by atoms with Crippen LogP contribution in [0.5, 0.6) is 0 Å². The summed E-state index contributed by atoms with van der Waals surface area (Å²) in [4.78, 5) is 0. The van der Waals surface area contributed by atoms with Gasteiger partial charge in [0.1, 0.15) is 0 Å². The van der Waals surface area contributed by atoms with Crippen LogP contribution >= 0.6 is 0 Å². The monoisotopic (exact) mass is 193 g/mol. The lowest BCUT2D eigenvalue weighted by molar-refractivity contribution is 0.307. The summed E-state index contributed by atoms with van der Waals surface area (Å²) in [7, 11) is 0. The van der Waals surface area contributed by atoms with Gasteiger partial charge in [0.15, 0.2) is 0 Å². The molecule has 0 saturated heterocycles. The Morgan fingerprint density at radius 3 is 2.57 bits per heavy atom. The maximum Gasteiger partial charge on any atom is 0.00865 e. The van der Waals surface area contributed by atoms with Crippen molar-refractivity contribution in [1.29, 1.82) is 0 Å². The van der Waals surface area contributed by atoms with Gasteiger partial charge in [0.25, 0.3) is 0 Å². The van der Waals surface area contributed by atoms with Gasteiger partial charge in [0, 0.05) is 12.5 Å². The van der Waals surface area contributed by atoms with Gasteiger partial charge >= 0.3 is 0 Å². The van der Waals surface area contributed by atoms with Crippen LogP contribution in [-0.2, 0) is 0 Å². The Morgan fingerprint density at radius 2 is 1.93 bits per heavy atom. The number of terminal acetylenes is 1. The van der Waals surface area contributed by atoms with E-state index in [0.29, 0.717) is 0 Å². The van der Waals surface area contributed by atoms with Crippen LogP contribution in [0.4, 0.5) is 0 Å². The van der Waals surface area contributed by atoms with Crippen molar-refractivity contribution >= 4 is 0 Å². The summed E-state index contributed by atoms with van der Waals surface area (Å²) >= 11 is 0. The van der Waals surface area contributed by atoms with Crippen molar-refractivity contribution in [3.63, 3.8) is 0 Å². The van der Waals surface area contributed by atoms with Crippen LogP contribution in [0.3, 0.4) is 0 Å². The Balaban J connectivity index is 1.94. The molecule has 1 fully saturated rings. The summed E-state index contributed by atoms with van der Waals surface area (Å²) in [6.07, 6.45) is 14.1. The molecule has 0 spiro atoms. The van der Waals surface area contributed by atoms with Crippen molar-refractivity contribution in [3.8, 4) is 12.3 Å². The molecule has 0 atom stereocenters. The maximum absolute atomic E-state index is 5.20. The molecule has 1 aliphatic rings. The lowest BCUT2D eigenvalue weighted by Crippen LogP contribution is -2.33. The van der Waals surface area contributed by atoms with Gasteiger partial charge in [-0.25, -0.2) is 0 Å². The molecular weight excluding hydrogens is 170 g/mol. The van der Waals surface area contributed by atoms with Gasteiger partial charge < -0.3 is 5.32 Å². The molecule has 0 aromatic heterocycles. The fourth-order valence-electron chi connectivity index (χ4n) is 2.12. The van der Waals surface area contributed by atoms with E-state index in [1.165, 1.54) is 38.5 Å². The molecule has 1 heteroatoms. The molecule has 0 aliphatic heterocycles. The average molecular weight is 193 g/mol. The molecule has 1 nitrogen and oxygen atoms in total. The largest absolute Gasteiger partial charge is 0.314 e. The highest BCUT2D eigenvalue weighted by molar-refractivity contribution is 4.83. The number of hydrogen-bond acceptors (Lipinski definition) is 1. The molecule has 1 rings (SSSR count). The fraction of sp³-hybridized carbons (Fsp3) is 0.846. The van der Waals surface area contributed by atoms with Crippen LogP contribution in [-0.4, -0.2) is 12.6 Å². The first-order valence-electron chi connectivity index (χ1n) is 5.99. The Kier molecular flexibility index (Phi) is 5.71. The first-order valence-corrected chi connectivity index (χ1v) is 5.99. The second kappa shape index (κ2) is 6.90. The van der Waals surface area contributed by atoms with Crippen LogP contribution < -0.4 is 5.32 Å². The highest BCUT2D eigenvalue weighted by Gasteiger charge is 2.16. The van der Waals surface area contributed by atoms with E-state index in [1.54, 1.807) is 0 Å². The first kappa shape index (κ1) is 11.6. The molecule has 0 aromatic carbocycles. The number of hydrogen-bond donors (Lipinski definition) is 1. The molecule has 80 valence electrons. The van der Waals surface area contributed by atoms with E-state index >= 15 is 0 Å². The second-order valence-electron chi connectivity index (χ2n) is 4.57. The lowest BCUT2D eigenvalue weighted by Gasteiger charge is -2.26. The molecule has 0 bridgehead atoms. The molecule has 0 amide bonds. The zero-order chi connectivity index (χ0) is 10.2. The van der Waals surface area contributed by atoms with Gasteiger partial charge in [-0.15, -0.1) is 12.3 Å². The zero-order valence-corrected chi connectivity index (χ0v) is 9.39. The van der Waals surface area contributed by atoms with Crippen molar-refractivity contribution in [1.82, 2.24) is 5.32 Å². The molecule has 1 N–H and O–H groups in total.